The number of hydrogen-bond acceptors (Lipinski definition) is 0. The molecule has 0 unspecified atom stereocenters. The van der Waals surface area contributed by atoms with Gasteiger partial charge in [0, 0.05) is 6.42 Å². The fraction of sp³-hybridized carbons (Fsp3) is 1.00. The predicted octanol–water partition coefficient (Wildman–Crippen LogP) is 2.98. The third kappa shape index (κ3) is 17.1. The first-order chi connectivity index (χ1) is 3.56. The van der Waals surface area contributed by atoms with Crippen molar-refractivity contribution in [2.45, 2.75) is 33.4 Å². The van der Waals surface area contributed by atoms with E-state index in [1.54, 1.807) is 0 Å². The molecule has 0 nitrogen and oxygen atoms in total. The minimum atomic E-state index is -3.96. The minimum absolute atomic E-state index is 0.729. The average Bonchev–Trinajstić information content (AvgIpc) is 1.71. The van der Waals surface area contributed by atoms with Crippen molar-refractivity contribution >= 4 is 0 Å². The Labute approximate surface area is 47.7 Å². The van der Waals surface area contributed by atoms with E-state index in [-0.39, 0.29) is 0 Å². The highest BCUT2D eigenvalue weighted by atomic mass is 19.4. The van der Waals surface area contributed by atoms with E-state index in [0.717, 1.165) is 6.92 Å². The Hall–Kier alpha value is -0.210. The summed E-state index contributed by atoms with van der Waals surface area (Å²) in [7, 11) is 0. The van der Waals surface area contributed by atoms with E-state index in [0.29, 0.717) is 0 Å². The number of halogens is 3. The van der Waals surface area contributed by atoms with E-state index >= 15 is 0 Å². The summed E-state index contributed by atoms with van der Waals surface area (Å²) >= 11 is 0. The lowest BCUT2D eigenvalue weighted by Gasteiger charge is -1.96. The van der Waals surface area contributed by atoms with Crippen LogP contribution in [-0.2, 0) is 0 Å². The van der Waals surface area contributed by atoms with Gasteiger partial charge in [0.1, 0.15) is 0 Å². The van der Waals surface area contributed by atoms with E-state index in [1.165, 1.54) is 0 Å². The molecule has 0 aromatic rings. The first-order valence-electron chi connectivity index (χ1n) is 2.63. The van der Waals surface area contributed by atoms with Gasteiger partial charge in [0.25, 0.3) is 0 Å². The maximum Gasteiger partial charge on any atom is 0.388 e. The van der Waals surface area contributed by atoms with Crippen molar-refractivity contribution in [3.63, 3.8) is 0 Å². The summed E-state index contributed by atoms with van der Waals surface area (Å²) in [4.78, 5) is 0. The Morgan fingerprint density at radius 1 is 1.12 bits per heavy atom. The molecule has 0 amide bonds. The highest BCUT2D eigenvalue weighted by Gasteiger charge is 2.22. The Bertz CT molecular complexity index is 37.4. The van der Waals surface area contributed by atoms with Crippen LogP contribution in [0.2, 0.25) is 0 Å². The molecular formula is C5H11F3. The van der Waals surface area contributed by atoms with Gasteiger partial charge in [0.05, 0.1) is 0 Å². The number of rotatable bonds is 0. The highest BCUT2D eigenvalue weighted by Crippen LogP contribution is 2.17. The van der Waals surface area contributed by atoms with Gasteiger partial charge in [-0.2, -0.15) is 13.2 Å². The van der Waals surface area contributed by atoms with E-state index in [2.05, 4.69) is 0 Å². The van der Waals surface area contributed by atoms with Crippen LogP contribution in [0.3, 0.4) is 0 Å². The molecule has 0 bridgehead atoms. The van der Waals surface area contributed by atoms with Crippen LogP contribution in [0.4, 0.5) is 13.2 Å². The Balaban J connectivity index is 0. The first kappa shape index (κ1) is 10.7. The predicted molar refractivity (Wildman–Crippen MR) is 27.7 cm³/mol. The maximum atomic E-state index is 10.8. The van der Waals surface area contributed by atoms with E-state index in [1.807, 2.05) is 13.8 Å². The summed E-state index contributed by atoms with van der Waals surface area (Å²) in [6.45, 7) is 5.08. The topological polar surface area (TPSA) is 0 Å². The molecule has 3 heteroatoms. The second-order valence-electron chi connectivity index (χ2n) is 0.969. The quantitative estimate of drug-likeness (QED) is 0.470. The third-order valence-electron chi connectivity index (χ3n) is 0.401. The van der Waals surface area contributed by atoms with Crippen LogP contribution in [0.15, 0.2) is 0 Å². The standard InChI is InChI=1S/C3H5F3.C2H6/c1-2-3(4,5)6;1-2/h2H2,1H3;1-2H3. The molecule has 0 fully saturated rings. The SMILES string of the molecule is CC.CCC(F)(F)F. The summed E-state index contributed by atoms with van der Waals surface area (Å²) in [6.07, 6.45) is -4.69. The normalized spacial score (nSPS) is 9.75. The second-order valence-corrected chi connectivity index (χ2v) is 0.969. The van der Waals surface area contributed by atoms with Crippen LogP contribution < -0.4 is 0 Å². The Morgan fingerprint density at radius 3 is 1.25 bits per heavy atom. The van der Waals surface area contributed by atoms with Crippen molar-refractivity contribution in [3.8, 4) is 0 Å². The molecular weight excluding hydrogens is 117 g/mol. The molecule has 0 spiro atoms. The van der Waals surface area contributed by atoms with Gasteiger partial charge in [-0.1, -0.05) is 20.8 Å². The smallest absolute Gasteiger partial charge is 0.171 e. The molecule has 52 valence electrons. The molecule has 0 rings (SSSR count). The molecule has 8 heavy (non-hydrogen) atoms. The average molecular weight is 128 g/mol. The molecule has 0 aliphatic rings. The molecule has 0 atom stereocenters. The van der Waals surface area contributed by atoms with E-state index in [4.69, 9.17) is 0 Å². The van der Waals surface area contributed by atoms with Crippen LogP contribution >= 0.6 is 0 Å². The zero-order chi connectivity index (χ0) is 7.21. The molecule has 0 saturated carbocycles. The highest BCUT2D eigenvalue weighted by molar-refractivity contribution is 4.39. The van der Waals surface area contributed by atoms with Crippen molar-refractivity contribution in [2.75, 3.05) is 0 Å². The largest absolute Gasteiger partial charge is 0.388 e. The summed E-state index contributed by atoms with van der Waals surface area (Å²) in [5, 5.41) is 0. The van der Waals surface area contributed by atoms with Gasteiger partial charge in [0.2, 0.25) is 0 Å². The zero-order valence-electron chi connectivity index (χ0n) is 5.34. The molecule has 0 aromatic heterocycles. The molecule has 0 aliphatic carbocycles. The van der Waals surface area contributed by atoms with Gasteiger partial charge < -0.3 is 0 Å². The van der Waals surface area contributed by atoms with Gasteiger partial charge in [-0.25, -0.2) is 0 Å². The lowest BCUT2D eigenvalue weighted by atomic mass is 10.5. The molecule has 0 aliphatic heterocycles. The van der Waals surface area contributed by atoms with Gasteiger partial charge in [0.15, 0.2) is 0 Å². The fourth-order valence-corrected chi connectivity index (χ4v) is 0. The zero-order valence-corrected chi connectivity index (χ0v) is 5.34. The van der Waals surface area contributed by atoms with Gasteiger partial charge >= 0.3 is 6.18 Å². The van der Waals surface area contributed by atoms with Gasteiger partial charge in [-0.3, -0.25) is 0 Å². The van der Waals surface area contributed by atoms with Crippen LogP contribution in [-0.4, -0.2) is 6.18 Å². The van der Waals surface area contributed by atoms with Crippen LogP contribution in [0, 0.1) is 0 Å². The van der Waals surface area contributed by atoms with E-state index < -0.39 is 12.6 Å². The van der Waals surface area contributed by atoms with Crippen molar-refractivity contribution in [1.29, 1.82) is 0 Å². The van der Waals surface area contributed by atoms with Gasteiger partial charge in [-0.15, -0.1) is 0 Å². The molecule has 0 heterocycles. The van der Waals surface area contributed by atoms with Crippen molar-refractivity contribution in [2.24, 2.45) is 0 Å². The summed E-state index contributed by atoms with van der Waals surface area (Å²) in [5.74, 6) is 0. The second kappa shape index (κ2) is 4.94. The molecule has 0 radical (unpaired) electrons. The third-order valence-corrected chi connectivity index (χ3v) is 0.401. The van der Waals surface area contributed by atoms with E-state index in [9.17, 15) is 13.2 Å². The van der Waals surface area contributed by atoms with Gasteiger partial charge in [-0.05, 0) is 0 Å². The van der Waals surface area contributed by atoms with Crippen LogP contribution in [0.5, 0.6) is 0 Å². The maximum absolute atomic E-state index is 10.8. The lowest BCUT2D eigenvalue weighted by molar-refractivity contribution is -0.130. The lowest BCUT2D eigenvalue weighted by Crippen LogP contribution is -2.02. The minimum Gasteiger partial charge on any atom is -0.171 e. The summed E-state index contributed by atoms with van der Waals surface area (Å²) < 4.78 is 32.4. The van der Waals surface area contributed by atoms with Crippen molar-refractivity contribution < 1.29 is 13.2 Å². The molecule has 0 aromatic carbocycles. The fourth-order valence-electron chi connectivity index (χ4n) is 0. The molecule has 0 saturated heterocycles. The molecule has 0 N–H and O–H groups in total. The Morgan fingerprint density at radius 2 is 1.25 bits per heavy atom. The number of alkyl halides is 3. The number of hydrogen-bond donors (Lipinski definition) is 0. The summed E-state index contributed by atoms with van der Waals surface area (Å²) in [6, 6.07) is 0. The monoisotopic (exact) mass is 128 g/mol. The first-order valence-corrected chi connectivity index (χ1v) is 2.63. The van der Waals surface area contributed by atoms with Crippen molar-refractivity contribution in [1.82, 2.24) is 0 Å². The van der Waals surface area contributed by atoms with Crippen LogP contribution in [0.25, 0.3) is 0 Å². The van der Waals surface area contributed by atoms with Crippen LogP contribution in [0.1, 0.15) is 27.2 Å². The summed E-state index contributed by atoms with van der Waals surface area (Å²) in [5.41, 5.74) is 0. The van der Waals surface area contributed by atoms with Crippen molar-refractivity contribution in [3.05, 3.63) is 0 Å². The Kier molecular flexibility index (Phi) is 6.61.